The summed E-state index contributed by atoms with van der Waals surface area (Å²) in [6.45, 7) is 6.64. The van der Waals surface area contributed by atoms with Gasteiger partial charge in [0.1, 0.15) is 5.60 Å². The van der Waals surface area contributed by atoms with Crippen LogP contribution in [0.4, 0.5) is 4.79 Å². The molecular formula is C13H23NO4. The third kappa shape index (κ3) is 6.47. The van der Waals surface area contributed by atoms with E-state index in [1.54, 1.807) is 4.90 Å². The van der Waals surface area contributed by atoms with E-state index >= 15 is 0 Å². The van der Waals surface area contributed by atoms with Crippen molar-refractivity contribution in [1.29, 1.82) is 0 Å². The van der Waals surface area contributed by atoms with Crippen LogP contribution in [0.15, 0.2) is 0 Å². The molecular weight excluding hydrogens is 234 g/mol. The number of carboxylic acids is 1. The highest BCUT2D eigenvalue weighted by molar-refractivity contribution is 5.69. The van der Waals surface area contributed by atoms with Gasteiger partial charge < -0.3 is 14.7 Å². The summed E-state index contributed by atoms with van der Waals surface area (Å²) in [6, 6.07) is 0. The molecule has 1 aliphatic rings. The van der Waals surface area contributed by atoms with Crippen molar-refractivity contribution in [2.24, 2.45) is 5.92 Å². The minimum atomic E-state index is -0.828. The predicted molar refractivity (Wildman–Crippen MR) is 67.4 cm³/mol. The van der Waals surface area contributed by atoms with Crippen LogP contribution in [-0.2, 0) is 9.53 Å². The molecule has 1 saturated carbocycles. The van der Waals surface area contributed by atoms with Gasteiger partial charge in [0.15, 0.2) is 0 Å². The van der Waals surface area contributed by atoms with E-state index < -0.39 is 11.6 Å². The molecule has 1 N–H and O–H groups in total. The van der Waals surface area contributed by atoms with Gasteiger partial charge in [-0.2, -0.15) is 0 Å². The van der Waals surface area contributed by atoms with Crippen LogP contribution in [0.5, 0.6) is 0 Å². The summed E-state index contributed by atoms with van der Waals surface area (Å²) in [6.07, 6.45) is 2.53. The van der Waals surface area contributed by atoms with Crippen molar-refractivity contribution < 1.29 is 19.4 Å². The van der Waals surface area contributed by atoms with Crippen molar-refractivity contribution in [2.75, 3.05) is 13.1 Å². The van der Waals surface area contributed by atoms with Gasteiger partial charge in [-0.05, 0) is 46.0 Å². The van der Waals surface area contributed by atoms with Crippen LogP contribution >= 0.6 is 0 Å². The molecule has 0 bridgehead atoms. The number of aliphatic carboxylic acids is 1. The Hall–Kier alpha value is -1.26. The van der Waals surface area contributed by atoms with Gasteiger partial charge in [0.2, 0.25) is 0 Å². The monoisotopic (exact) mass is 257 g/mol. The van der Waals surface area contributed by atoms with E-state index in [2.05, 4.69) is 0 Å². The number of rotatable bonds is 6. The standard InChI is InChI=1S/C13H23NO4/c1-13(2,3)18-12(17)14(9-10-6-7-10)8-4-5-11(15)16/h10H,4-9H2,1-3H3,(H,15,16). The molecule has 0 atom stereocenters. The second kappa shape index (κ2) is 6.07. The Bertz CT molecular complexity index is 305. The van der Waals surface area contributed by atoms with E-state index in [9.17, 15) is 9.59 Å². The van der Waals surface area contributed by atoms with Crippen LogP contribution < -0.4 is 0 Å². The zero-order chi connectivity index (χ0) is 13.8. The molecule has 5 nitrogen and oxygen atoms in total. The van der Waals surface area contributed by atoms with Gasteiger partial charge in [-0.3, -0.25) is 4.79 Å². The molecule has 0 aromatic heterocycles. The van der Waals surface area contributed by atoms with Crippen LogP contribution in [0.2, 0.25) is 0 Å². The highest BCUT2D eigenvalue weighted by Gasteiger charge is 2.29. The lowest BCUT2D eigenvalue weighted by Gasteiger charge is -2.27. The maximum Gasteiger partial charge on any atom is 0.410 e. The van der Waals surface area contributed by atoms with Gasteiger partial charge in [0, 0.05) is 19.5 Å². The fraction of sp³-hybridized carbons (Fsp3) is 0.846. The van der Waals surface area contributed by atoms with Gasteiger partial charge in [0.05, 0.1) is 0 Å². The Morgan fingerprint density at radius 1 is 1.33 bits per heavy atom. The number of ether oxygens (including phenoxy) is 1. The fourth-order valence-electron chi connectivity index (χ4n) is 1.62. The highest BCUT2D eigenvalue weighted by Crippen LogP contribution is 2.30. The van der Waals surface area contributed by atoms with Crippen molar-refractivity contribution in [1.82, 2.24) is 4.90 Å². The number of amides is 1. The third-order valence-corrected chi connectivity index (χ3v) is 2.65. The van der Waals surface area contributed by atoms with Crippen LogP contribution in [0, 0.1) is 5.92 Å². The van der Waals surface area contributed by atoms with Crippen LogP contribution in [0.25, 0.3) is 0 Å². The average Bonchev–Trinajstić information content (AvgIpc) is 2.96. The Morgan fingerprint density at radius 3 is 2.39 bits per heavy atom. The predicted octanol–water partition coefficient (Wildman–Crippen LogP) is 2.50. The maximum atomic E-state index is 12.0. The van der Waals surface area contributed by atoms with E-state index in [-0.39, 0.29) is 12.5 Å². The molecule has 0 saturated heterocycles. The summed E-state index contributed by atoms with van der Waals surface area (Å²) < 4.78 is 5.33. The molecule has 0 aromatic carbocycles. The normalized spacial score (nSPS) is 15.3. The smallest absolute Gasteiger partial charge is 0.410 e. The Morgan fingerprint density at radius 2 is 1.94 bits per heavy atom. The topological polar surface area (TPSA) is 66.8 Å². The number of carbonyl (C=O) groups excluding carboxylic acids is 1. The molecule has 1 fully saturated rings. The summed E-state index contributed by atoms with van der Waals surface area (Å²) in [5.74, 6) is -0.257. The number of hydrogen-bond acceptors (Lipinski definition) is 3. The number of nitrogens with zero attached hydrogens (tertiary/aromatic N) is 1. The molecule has 0 unspecified atom stereocenters. The Labute approximate surface area is 108 Å². The zero-order valence-electron chi connectivity index (χ0n) is 11.4. The van der Waals surface area contributed by atoms with Gasteiger partial charge >= 0.3 is 12.1 Å². The van der Waals surface area contributed by atoms with Crippen molar-refractivity contribution >= 4 is 12.1 Å². The summed E-state index contributed by atoms with van der Waals surface area (Å²) in [5, 5.41) is 8.61. The lowest BCUT2D eigenvalue weighted by molar-refractivity contribution is -0.137. The first-order valence-electron chi connectivity index (χ1n) is 6.47. The zero-order valence-corrected chi connectivity index (χ0v) is 11.4. The largest absolute Gasteiger partial charge is 0.481 e. The quantitative estimate of drug-likeness (QED) is 0.794. The SMILES string of the molecule is CC(C)(C)OC(=O)N(CCCC(=O)O)CC1CC1. The molecule has 0 radical (unpaired) electrons. The molecule has 5 heteroatoms. The molecule has 1 rings (SSSR count). The number of hydrogen-bond donors (Lipinski definition) is 1. The van der Waals surface area contributed by atoms with E-state index in [1.807, 2.05) is 20.8 Å². The molecule has 0 aromatic rings. The van der Waals surface area contributed by atoms with Crippen LogP contribution in [0.1, 0.15) is 46.5 Å². The van der Waals surface area contributed by atoms with Gasteiger partial charge in [-0.25, -0.2) is 4.79 Å². The minimum absolute atomic E-state index is 0.0873. The van der Waals surface area contributed by atoms with Crippen LogP contribution in [-0.4, -0.2) is 40.8 Å². The van der Waals surface area contributed by atoms with Gasteiger partial charge in [0.25, 0.3) is 0 Å². The molecule has 18 heavy (non-hydrogen) atoms. The molecule has 1 aliphatic carbocycles. The molecule has 104 valence electrons. The first kappa shape index (κ1) is 14.8. The van der Waals surface area contributed by atoms with Crippen molar-refractivity contribution in [3.63, 3.8) is 0 Å². The maximum absolute atomic E-state index is 12.0. The minimum Gasteiger partial charge on any atom is -0.481 e. The van der Waals surface area contributed by atoms with Crippen molar-refractivity contribution in [3.05, 3.63) is 0 Å². The Balaban J connectivity index is 2.42. The van der Waals surface area contributed by atoms with Gasteiger partial charge in [-0.15, -0.1) is 0 Å². The van der Waals surface area contributed by atoms with E-state index in [0.29, 0.717) is 25.4 Å². The van der Waals surface area contributed by atoms with Crippen LogP contribution in [0.3, 0.4) is 0 Å². The van der Waals surface area contributed by atoms with E-state index in [0.717, 1.165) is 12.8 Å². The molecule has 0 spiro atoms. The summed E-state index contributed by atoms with van der Waals surface area (Å²) >= 11 is 0. The Kier molecular flexibility index (Phi) is 4.99. The first-order chi connectivity index (χ1) is 8.28. The fourth-order valence-corrected chi connectivity index (χ4v) is 1.62. The second-order valence-electron chi connectivity index (χ2n) is 5.87. The highest BCUT2D eigenvalue weighted by atomic mass is 16.6. The van der Waals surface area contributed by atoms with Gasteiger partial charge in [-0.1, -0.05) is 0 Å². The van der Waals surface area contributed by atoms with E-state index in [1.165, 1.54) is 0 Å². The summed E-state index contributed by atoms with van der Waals surface area (Å²) in [4.78, 5) is 24.1. The van der Waals surface area contributed by atoms with Crippen molar-refractivity contribution in [2.45, 2.75) is 52.1 Å². The third-order valence-electron chi connectivity index (χ3n) is 2.65. The van der Waals surface area contributed by atoms with Crippen molar-refractivity contribution in [3.8, 4) is 0 Å². The summed E-state index contributed by atoms with van der Waals surface area (Å²) in [5.41, 5.74) is -0.508. The summed E-state index contributed by atoms with van der Waals surface area (Å²) in [7, 11) is 0. The molecule has 0 heterocycles. The number of carbonyl (C=O) groups is 2. The second-order valence-corrected chi connectivity index (χ2v) is 5.87. The lowest BCUT2D eigenvalue weighted by atomic mass is 10.2. The molecule has 0 aliphatic heterocycles. The first-order valence-corrected chi connectivity index (χ1v) is 6.47. The molecule has 1 amide bonds. The number of carboxylic acid groups (broad SMARTS) is 1. The average molecular weight is 257 g/mol. The van der Waals surface area contributed by atoms with E-state index in [4.69, 9.17) is 9.84 Å². The lowest BCUT2D eigenvalue weighted by Crippen LogP contribution is -2.38.